The minimum Gasteiger partial charge on any atom is -0.0610 e. The third-order valence-corrected chi connectivity index (χ3v) is 3.09. The van der Waals surface area contributed by atoms with Crippen LogP contribution in [0.4, 0.5) is 0 Å². The van der Waals surface area contributed by atoms with Gasteiger partial charge >= 0.3 is 0 Å². The summed E-state index contributed by atoms with van der Waals surface area (Å²) in [6, 6.07) is 8.21. The molecule has 0 nitrogen and oxygen atoms in total. The average Bonchev–Trinajstić information content (AvgIpc) is 2.05. The predicted octanol–water partition coefficient (Wildman–Crippen LogP) is 2.75. The van der Waals surface area contributed by atoms with E-state index < -0.39 is 0 Å². The topological polar surface area (TPSA) is 0 Å². The molecule has 1 aliphatic heterocycles. The fourth-order valence-electron chi connectivity index (χ4n) is 0.784. The molecule has 0 aliphatic carbocycles. The number of fused-ring (bicyclic) bond motifs is 1. The first kappa shape index (κ1) is 6.21. The molecule has 1 aromatic rings. The first-order valence-corrected chi connectivity index (χ1v) is 5.05. The van der Waals surface area contributed by atoms with Crippen LogP contribution in [0, 0.1) is 11.2 Å². The molecule has 0 bridgehead atoms. The molecule has 0 amide bonds. The molecule has 0 saturated heterocycles. The van der Waals surface area contributed by atoms with Crippen LogP contribution in [0.2, 0.25) is 0 Å². The first-order chi connectivity index (χ1) is 4.97. The lowest BCUT2D eigenvalue weighted by Crippen LogP contribution is -1.79. The molecular weight excluding hydrogens is 160 g/mol. The van der Waals surface area contributed by atoms with E-state index in [1.54, 1.807) is 21.6 Å². The van der Waals surface area contributed by atoms with Crippen molar-refractivity contribution in [2.75, 3.05) is 0 Å². The Balaban J connectivity index is 2.60. The molecule has 0 unspecified atom stereocenters. The summed E-state index contributed by atoms with van der Waals surface area (Å²) in [5.41, 5.74) is 1.16. The Morgan fingerprint density at radius 3 is 3.00 bits per heavy atom. The SMILES string of the molecule is C1#Cc2ccccc2SS1. The van der Waals surface area contributed by atoms with Crippen molar-refractivity contribution in [3.63, 3.8) is 0 Å². The van der Waals surface area contributed by atoms with Crippen LogP contribution in [-0.4, -0.2) is 0 Å². The van der Waals surface area contributed by atoms with Crippen molar-refractivity contribution < 1.29 is 0 Å². The Bertz CT molecular complexity index is 307. The fourth-order valence-corrected chi connectivity index (χ4v) is 2.37. The number of rotatable bonds is 0. The molecule has 10 heavy (non-hydrogen) atoms. The summed E-state index contributed by atoms with van der Waals surface area (Å²) in [5.74, 6) is 3.05. The highest BCUT2D eigenvalue weighted by atomic mass is 33.1. The van der Waals surface area contributed by atoms with Crippen molar-refractivity contribution in [1.82, 2.24) is 0 Å². The van der Waals surface area contributed by atoms with Crippen LogP contribution in [0.25, 0.3) is 0 Å². The molecule has 1 heterocycles. The molecule has 0 spiro atoms. The summed E-state index contributed by atoms with van der Waals surface area (Å²) in [4.78, 5) is 1.28. The van der Waals surface area contributed by atoms with Crippen LogP contribution in [0.5, 0.6) is 0 Å². The normalized spacial score (nSPS) is 13.2. The molecule has 0 aromatic heterocycles. The minimum atomic E-state index is 1.16. The molecule has 48 valence electrons. The molecule has 2 heteroatoms. The van der Waals surface area contributed by atoms with E-state index >= 15 is 0 Å². The van der Waals surface area contributed by atoms with Crippen LogP contribution in [-0.2, 0) is 0 Å². The maximum absolute atomic E-state index is 3.05. The van der Waals surface area contributed by atoms with Gasteiger partial charge in [-0.1, -0.05) is 18.1 Å². The van der Waals surface area contributed by atoms with Crippen LogP contribution < -0.4 is 0 Å². The molecule has 0 fully saturated rings. The van der Waals surface area contributed by atoms with Crippen LogP contribution in [0.15, 0.2) is 29.2 Å². The van der Waals surface area contributed by atoms with E-state index in [4.69, 9.17) is 0 Å². The highest BCUT2D eigenvalue weighted by molar-refractivity contribution is 8.78. The molecular formula is C8H4S2. The second-order valence-electron chi connectivity index (χ2n) is 1.89. The Hall–Kier alpha value is -0.520. The Kier molecular flexibility index (Phi) is 1.62. The van der Waals surface area contributed by atoms with E-state index in [1.165, 1.54) is 4.90 Å². The van der Waals surface area contributed by atoms with E-state index in [0.717, 1.165) is 5.56 Å². The van der Waals surface area contributed by atoms with Crippen molar-refractivity contribution in [3.8, 4) is 11.2 Å². The van der Waals surface area contributed by atoms with Crippen LogP contribution in [0.3, 0.4) is 0 Å². The van der Waals surface area contributed by atoms with Gasteiger partial charge in [0, 0.05) is 10.5 Å². The average molecular weight is 164 g/mol. The Morgan fingerprint density at radius 1 is 1.20 bits per heavy atom. The molecule has 2 rings (SSSR count). The van der Waals surface area contributed by atoms with Gasteiger partial charge in [0.1, 0.15) is 0 Å². The van der Waals surface area contributed by atoms with Gasteiger partial charge in [-0.2, -0.15) is 0 Å². The minimum absolute atomic E-state index is 1.16. The maximum atomic E-state index is 3.05. The van der Waals surface area contributed by atoms with Gasteiger partial charge in [0.25, 0.3) is 0 Å². The number of benzene rings is 1. The fraction of sp³-hybridized carbons (Fsp3) is 0. The van der Waals surface area contributed by atoms with Crippen molar-refractivity contribution >= 4 is 21.6 Å². The van der Waals surface area contributed by atoms with E-state index in [2.05, 4.69) is 23.3 Å². The highest BCUT2D eigenvalue weighted by Gasteiger charge is 2.01. The van der Waals surface area contributed by atoms with Crippen LogP contribution >= 0.6 is 21.6 Å². The zero-order valence-corrected chi connectivity index (χ0v) is 6.76. The van der Waals surface area contributed by atoms with Gasteiger partial charge in [0.05, 0.1) is 0 Å². The molecule has 0 saturated carbocycles. The summed E-state index contributed by atoms with van der Waals surface area (Å²) < 4.78 is 0. The smallest absolute Gasteiger partial charge is 0.0399 e. The van der Waals surface area contributed by atoms with E-state index in [1.807, 2.05) is 12.1 Å². The van der Waals surface area contributed by atoms with Crippen molar-refractivity contribution in [1.29, 1.82) is 0 Å². The summed E-state index contributed by atoms with van der Waals surface area (Å²) in [6.07, 6.45) is 0. The summed E-state index contributed by atoms with van der Waals surface area (Å²) in [5, 5.41) is 2.97. The van der Waals surface area contributed by atoms with Crippen molar-refractivity contribution in [2.45, 2.75) is 4.90 Å². The third kappa shape index (κ3) is 1.03. The standard InChI is InChI=1S/C8H4S2/c1-2-4-8-7(3-1)5-6-9-10-8/h1-4H. The lowest BCUT2D eigenvalue weighted by molar-refractivity contribution is 1.43. The van der Waals surface area contributed by atoms with E-state index in [9.17, 15) is 0 Å². The molecule has 0 atom stereocenters. The van der Waals surface area contributed by atoms with Gasteiger partial charge in [-0.15, -0.1) is 0 Å². The van der Waals surface area contributed by atoms with Crippen molar-refractivity contribution in [2.24, 2.45) is 0 Å². The second-order valence-corrected chi connectivity index (χ2v) is 3.87. The first-order valence-electron chi connectivity index (χ1n) is 2.90. The van der Waals surface area contributed by atoms with Crippen LogP contribution in [0.1, 0.15) is 5.56 Å². The summed E-state index contributed by atoms with van der Waals surface area (Å²) in [6.45, 7) is 0. The van der Waals surface area contributed by atoms with Gasteiger partial charge in [-0.05, 0) is 39.0 Å². The zero-order chi connectivity index (χ0) is 6.81. The Morgan fingerprint density at radius 2 is 2.10 bits per heavy atom. The van der Waals surface area contributed by atoms with Gasteiger partial charge in [-0.25, -0.2) is 0 Å². The number of hydrogen-bond donors (Lipinski definition) is 0. The van der Waals surface area contributed by atoms with Gasteiger partial charge in [0.2, 0.25) is 0 Å². The lowest BCUT2D eigenvalue weighted by atomic mass is 10.2. The Labute approximate surface area is 67.8 Å². The van der Waals surface area contributed by atoms with Gasteiger partial charge in [-0.3, -0.25) is 0 Å². The molecule has 1 aromatic carbocycles. The quantitative estimate of drug-likeness (QED) is 0.427. The number of hydrogen-bond acceptors (Lipinski definition) is 2. The van der Waals surface area contributed by atoms with Gasteiger partial charge < -0.3 is 0 Å². The summed E-state index contributed by atoms with van der Waals surface area (Å²) >= 11 is 0. The molecule has 0 radical (unpaired) electrons. The third-order valence-electron chi connectivity index (χ3n) is 1.25. The lowest BCUT2D eigenvalue weighted by Gasteiger charge is -2.02. The van der Waals surface area contributed by atoms with E-state index in [-0.39, 0.29) is 0 Å². The van der Waals surface area contributed by atoms with Crippen molar-refractivity contribution in [3.05, 3.63) is 29.8 Å². The second kappa shape index (κ2) is 2.61. The maximum Gasteiger partial charge on any atom is 0.0399 e. The molecule has 0 N–H and O–H groups in total. The predicted molar refractivity (Wildman–Crippen MR) is 46.8 cm³/mol. The van der Waals surface area contributed by atoms with E-state index in [0.29, 0.717) is 0 Å². The van der Waals surface area contributed by atoms with Gasteiger partial charge in [0.15, 0.2) is 0 Å². The monoisotopic (exact) mass is 164 g/mol. The molecule has 1 aliphatic rings. The largest absolute Gasteiger partial charge is 0.0610 e. The zero-order valence-electron chi connectivity index (χ0n) is 5.13. The highest BCUT2D eigenvalue weighted by Crippen LogP contribution is 2.35. The summed E-state index contributed by atoms with van der Waals surface area (Å²) in [7, 11) is 3.32.